The van der Waals surface area contributed by atoms with Gasteiger partial charge in [0.15, 0.2) is 0 Å². The van der Waals surface area contributed by atoms with E-state index in [0.717, 1.165) is 25.4 Å². The lowest BCUT2D eigenvalue weighted by atomic mass is 10.2. The van der Waals surface area contributed by atoms with Gasteiger partial charge in [0.25, 0.3) is 0 Å². The topological polar surface area (TPSA) is 29.5 Å². The van der Waals surface area contributed by atoms with Crippen molar-refractivity contribution in [2.75, 3.05) is 0 Å². The molecule has 0 bridgehead atoms. The molecule has 0 aliphatic rings. The second-order valence-electron chi connectivity index (χ2n) is 8.18. The van der Waals surface area contributed by atoms with Gasteiger partial charge in [0.1, 0.15) is 11.6 Å². The Morgan fingerprint density at radius 1 is 0.828 bits per heavy atom. The van der Waals surface area contributed by atoms with Crippen molar-refractivity contribution in [3.8, 4) is 0 Å². The number of rotatable bonds is 3. The van der Waals surface area contributed by atoms with Gasteiger partial charge in [-0.1, -0.05) is 53.9 Å². The number of hydrogen-bond acceptors (Lipinski definition) is 2. The molecular formula is C22H29Br3F2O2. The minimum atomic E-state index is -0.500. The molecule has 0 aliphatic carbocycles. The summed E-state index contributed by atoms with van der Waals surface area (Å²) in [5.74, 6) is -0.447. The molecular weight excluding hydrogens is 574 g/mol. The van der Waals surface area contributed by atoms with Crippen LogP contribution in [0.4, 0.5) is 8.78 Å². The van der Waals surface area contributed by atoms with Crippen LogP contribution < -0.4 is 0 Å². The highest BCUT2D eigenvalue weighted by atomic mass is 79.9. The van der Waals surface area contributed by atoms with E-state index in [1.165, 1.54) is 24.3 Å². The van der Waals surface area contributed by atoms with Crippen LogP contribution in [-0.2, 0) is 16.7 Å². The molecule has 0 aliphatic heterocycles. The Kier molecular flexibility index (Phi) is 13.0. The van der Waals surface area contributed by atoms with E-state index in [9.17, 15) is 8.78 Å². The molecule has 0 unspecified atom stereocenters. The van der Waals surface area contributed by atoms with Crippen LogP contribution in [0, 0.1) is 11.6 Å². The third-order valence-electron chi connectivity index (χ3n) is 2.83. The molecule has 0 radical (unpaired) electrons. The van der Waals surface area contributed by atoms with Crippen LogP contribution in [0.1, 0.15) is 52.7 Å². The summed E-state index contributed by atoms with van der Waals surface area (Å²) in [7, 11) is 0. The summed E-state index contributed by atoms with van der Waals surface area (Å²) in [6, 6.07) is 9.24. The van der Waals surface area contributed by atoms with Crippen LogP contribution in [0.3, 0.4) is 0 Å². The lowest BCUT2D eigenvalue weighted by Crippen LogP contribution is -2.18. The summed E-state index contributed by atoms with van der Waals surface area (Å²) in [6.07, 6.45) is 0. The predicted octanol–water partition coefficient (Wildman–Crippen LogP) is 8.16. The lowest BCUT2D eigenvalue weighted by Gasteiger charge is -2.20. The van der Waals surface area contributed by atoms with Crippen molar-refractivity contribution in [1.82, 2.24) is 0 Å². The highest BCUT2D eigenvalue weighted by molar-refractivity contribution is 9.11. The van der Waals surface area contributed by atoms with Crippen molar-refractivity contribution in [1.29, 1.82) is 0 Å². The van der Waals surface area contributed by atoms with Gasteiger partial charge >= 0.3 is 0 Å². The molecule has 29 heavy (non-hydrogen) atoms. The second-order valence-corrected chi connectivity index (χ2v) is 10.4. The molecule has 1 N–H and O–H groups in total. The number of hydrogen-bond donors (Lipinski definition) is 1. The van der Waals surface area contributed by atoms with Crippen LogP contribution in [-0.4, -0.2) is 16.3 Å². The van der Waals surface area contributed by atoms with Gasteiger partial charge < -0.3 is 9.84 Å². The van der Waals surface area contributed by atoms with Crippen LogP contribution in [0.15, 0.2) is 45.3 Å². The molecule has 2 aromatic rings. The molecule has 0 aromatic heterocycles. The van der Waals surface area contributed by atoms with E-state index in [1.54, 1.807) is 32.9 Å². The summed E-state index contributed by atoms with van der Waals surface area (Å²) in [4.78, 5) is 0. The Morgan fingerprint density at radius 2 is 1.31 bits per heavy atom. The van der Waals surface area contributed by atoms with Gasteiger partial charge in [-0.15, -0.1) is 0 Å². The van der Waals surface area contributed by atoms with E-state index < -0.39 is 5.60 Å². The third-order valence-corrected chi connectivity index (χ3v) is 4.94. The Labute approximate surface area is 198 Å². The van der Waals surface area contributed by atoms with E-state index in [4.69, 9.17) is 9.84 Å². The molecule has 0 saturated heterocycles. The zero-order valence-electron chi connectivity index (χ0n) is 17.6. The van der Waals surface area contributed by atoms with E-state index in [1.807, 2.05) is 20.8 Å². The Balaban J connectivity index is 0.000000455. The number of benzene rings is 2. The minimum absolute atomic E-state index is 0.203. The highest BCUT2D eigenvalue weighted by Gasteiger charge is 2.11. The Morgan fingerprint density at radius 3 is 1.76 bits per heavy atom. The smallest absolute Gasteiger partial charge is 0.124 e. The van der Waals surface area contributed by atoms with Crippen LogP contribution in [0.2, 0.25) is 0 Å². The van der Waals surface area contributed by atoms with Crippen LogP contribution in [0.25, 0.3) is 0 Å². The third kappa shape index (κ3) is 16.1. The van der Waals surface area contributed by atoms with Gasteiger partial charge in [-0.3, -0.25) is 0 Å². The molecule has 0 atom stereocenters. The Bertz CT molecular complexity index is 749. The fourth-order valence-electron chi connectivity index (χ4n) is 1.58. The van der Waals surface area contributed by atoms with Crippen molar-refractivity contribution in [3.05, 3.63) is 68.1 Å². The molecule has 2 nitrogen and oxygen atoms in total. The maximum Gasteiger partial charge on any atom is 0.124 e. The summed E-state index contributed by atoms with van der Waals surface area (Å²) < 4.78 is 32.6. The fraction of sp³-hybridized carbons (Fsp3) is 0.455. The average Bonchev–Trinajstić information content (AvgIpc) is 2.54. The van der Waals surface area contributed by atoms with Gasteiger partial charge in [0, 0.05) is 14.3 Å². The SMILES string of the molecule is CC(C)(C)O.CC(C)(C)OCc1cc(F)ccc1Br.Fc1ccc(CBr)c(Br)c1. The van der Waals surface area contributed by atoms with E-state index >= 15 is 0 Å². The zero-order valence-corrected chi connectivity index (χ0v) is 22.4. The Hall–Kier alpha value is -0.340. The normalized spacial score (nSPS) is 11.2. The molecule has 2 rings (SSSR count). The largest absolute Gasteiger partial charge is 0.391 e. The standard InChI is InChI=1S/C11H14BrFO.C7H5Br2F.C4H10O/c1-11(2,3)14-7-8-6-9(13)4-5-10(8)12;8-4-5-1-2-6(10)3-7(5)9;1-4(2,3)5/h4-6H,7H2,1-3H3;1-3H,4H2;5H,1-3H3. The van der Waals surface area contributed by atoms with Gasteiger partial charge in [0.05, 0.1) is 17.8 Å². The molecule has 0 fully saturated rings. The first-order valence-corrected chi connectivity index (χ1v) is 11.6. The lowest BCUT2D eigenvalue weighted by molar-refractivity contribution is -0.0153. The molecule has 0 spiro atoms. The van der Waals surface area contributed by atoms with E-state index in [0.29, 0.717) is 6.61 Å². The van der Waals surface area contributed by atoms with Gasteiger partial charge in [-0.25, -0.2) is 8.78 Å². The van der Waals surface area contributed by atoms with E-state index in [2.05, 4.69) is 47.8 Å². The second kappa shape index (κ2) is 13.2. The number of alkyl halides is 1. The first-order chi connectivity index (χ1) is 13.1. The molecule has 2 aromatic carbocycles. The number of ether oxygens (including phenoxy) is 1. The molecule has 0 amide bonds. The average molecular weight is 603 g/mol. The summed E-state index contributed by atoms with van der Waals surface area (Å²) in [6.45, 7) is 11.6. The van der Waals surface area contributed by atoms with Crippen molar-refractivity contribution in [2.45, 2.75) is 64.7 Å². The maximum atomic E-state index is 12.9. The van der Waals surface area contributed by atoms with Gasteiger partial charge in [-0.2, -0.15) is 0 Å². The van der Waals surface area contributed by atoms with Crippen molar-refractivity contribution >= 4 is 47.8 Å². The maximum absolute atomic E-state index is 12.9. The quantitative estimate of drug-likeness (QED) is 0.359. The van der Waals surface area contributed by atoms with Gasteiger partial charge in [-0.05, 0) is 83.0 Å². The molecule has 7 heteroatoms. The predicted molar refractivity (Wildman–Crippen MR) is 127 cm³/mol. The van der Waals surface area contributed by atoms with Gasteiger partial charge in [0.2, 0.25) is 0 Å². The van der Waals surface area contributed by atoms with E-state index in [-0.39, 0.29) is 17.2 Å². The van der Waals surface area contributed by atoms with Crippen molar-refractivity contribution in [3.63, 3.8) is 0 Å². The number of halogens is 5. The van der Waals surface area contributed by atoms with Crippen LogP contribution >= 0.6 is 47.8 Å². The minimum Gasteiger partial charge on any atom is -0.391 e. The monoisotopic (exact) mass is 600 g/mol. The van der Waals surface area contributed by atoms with Crippen molar-refractivity contribution < 1.29 is 18.6 Å². The fourth-order valence-corrected chi connectivity index (χ4v) is 3.30. The van der Waals surface area contributed by atoms with Crippen molar-refractivity contribution in [2.24, 2.45) is 0 Å². The first kappa shape index (κ1) is 28.7. The molecule has 164 valence electrons. The number of aliphatic hydroxyl groups is 1. The summed E-state index contributed by atoms with van der Waals surface area (Å²) in [5.41, 5.74) is 1.19. The van der Waals surface area contributed by atoms with Crippen LogP contribution in [0.5, 0.6) is 0 Å². The zero-order chi connectivity index (χ0) is 22.8. The first-order valence-electron chi connectivity index (χ1n) is 8.92. The molecule has 0 heterocycles. The molecule has 0 saturated carbocycles. The summed E-state index contributed by atoms with van der Waals surface area (Å²) >= 11 is 9.87. The summed E-state index contributed by atoms with van der Waals surface area (Å²) in [5, 5.41) is 9.26. The highest BCUT2D eigenvalue weighted by Crippen LogP contribution is 2.21.